The van der Waals surface area contributed by atoms with Gasteiger partial charge in [-0.15, -0.1) is 11.8 Å². The fourth-order valence-electron chi connectivity index (χ4n) is 2.87. The van der Waals surface area contributed by atoms with Crippen molar-refractivity contribution in [3.05, 3.63) is 71.3 Å². The molecule has 26 heavy (non-hydrogen) atoms. The van der Waals surface area contributed by atoms with Crippen LogP contribution in [0.25, 0.3) is 5.70 Å². The van der Waals surface area contributed by atoms with E-state index in [1.165, 1.54) is 0 Å². The second-order valence-corrected chi connectivity index (χ2v) is 6.97. The summed E-state index contributed by atoms with van der Waals surface area (Å²) in [4.78, 5) is 14.0. The molecule has 4 nitrogen and oxygen atoms in total. The number of thioether (sulfide) groups is 1. The first-order valence-corrected chi connectivity index (χ1v) is 9.95. The topological polar surface area (TPSA) is 50.4 Å². The van der Waals surface area contributed by atoms with Gasteiger partial charge in [0.05, 0.1) is 23.9 Å². The Balaban J connectivity index is 2.13. The van der Waals surface area contributed by atoms with Crippen molar-refractivity contribution in [2.24, 2.45) is 0 Å². The van der Waals surface area contributed by atoms with Crippen LogP contribution in [-0.4, -0.2) is 23.9 Å². The van der Waals surface area contributed by atoms with Gasteiger partial charge in [0, 0.05) is 4.90 Å². The maximum absolute atomic E-state index is 12.8. The summed E-state index contributed by atoms with van der Waals surface area (Å²) >= 11 is 7.08. The number of hydrogen-bond donors (Lipinski definition) is 2. The maximum Gasteiger partial charge on any atom is 0.338 e. The minimum Gasteiger partial charge on any atom is -0.463 e. The number of ether oxygens (including phenoxy) is 1. The van der Waals surface area contributed by atoms with Gasteiger partial charge in [0.25, 0.3) is 0 Å². The molecule has 0 aromatic heterocycles. The highest BCUT2D eigenvalue weighted by Crippen LogP contribution is 2.32. The van der Waals surface area contributed by atoms with Gasteiger partial charge in [-0.3, -0.25) is 0 Å². The number of carbonyl (C=O) groups excluding carboxylic acids is 1. The molecular formula is C20H20N2O2S2. The average molecular weight is 385 g/mol. The number of hydrogen-bond acceptors (Lipinski definition) is 4. The fourth-order valence-corrected chi connectivity index (χ4v) is 3.50. The molecule has 0 bridgehead atoms. The predicted molar refractivity (Wildman–Crippen MR) is 110 cm³/mol. The molecule has 134 valence electrons. The van der Waals surface area contributed by atoms with Crippen LogP contribution in [0.5, 0.6) is 0 Å². The molecular weight excluding hydrogens is 364 g/mol. The Morgan fingerprint density at radius 2 is 1.85 bits per heavy atom. The molecule has 0 aliphatic carbocycles. The van der Waals surface area contributed by atoms with E-state index in [-0.39, 0.29) is 12.0 Å². The Morgan fingerprint density at radius 1 is 1.15 bits per heavy atom. The van der Waals surface area contributed by atoms with Crippen molar-refractivity contribution in [2.45, 2.75) is 17.9 Å². The predicted octanol–water partition coefficient (Wildman–Crippen LogP) is 3.90. The first-order chi connectivity index (χ1) is 12.6. The van der Waals surface area contributed by atoms with E-state index >= 15 is 0 Å². The van der Waals surface area contributed by atoms with Crippen molar-refractivity contribution in [2.75, 3.05) is 12.9 Å². The van der Waals surface area contributed by atoms with E-state index in [1.807, 2.05) is 60.9 Å². The molecule has 0 saturated heterocycles. The van der Waals surface area contributed by atoms with Crippen molar-refractivity contribution in [3.63, 3.8) is 0 Å². The Bertz CT molecular complexity index is 833. The minimum absolute atomic E-state index is 0.312. The van der Waals surface area contributed by atoms with Gasteiger partial charge < -0.3 is 15.4 Å². The van der Waals surface area contributed by atoms with Crippen LogP contribution >= 0.6 is 24.0 Å². The van der Waals surface area contributed by atoms with E-state index in [4.69, 9.17) is 17.0 Å². The van der Waals surface area contributed by atoms with Gasteiger partial charge in [0.15, 0.2) is 5.11 Å². The van der Waals surface area contributed by atoms with Crippen molar-refractivity contribution in [1.29, 1.82) is 0 Å². The van der Waals surface area contributed by atoms with Crippen LogP contribution in [0.15, 0.2) is 65.1 Å². The summed E-state index contributed by atoms with van der Waals surface area (Å²) in [6.45, 7) is 2.12. The summed E-state index contributed by atoms with van der Waals surface area (Å²) in [5.41, 5.74) is 3.07. The fraction of sp³-hybridized carbons (Fsp3) is 0.200. The SMILES string of the molecule is CCOC(=O)C1=C(c2ccccc2)NC(=S)N[C@H]1c1ccc(SC)cc1. The number of carbonyl (C=O) groups is 1. The zero-order valence-electron chi connectivity index (χ0n) is 14.6. The zero-order chi connectivity index (χ0) is 18.5. The van der Waals surface area contributed by atoms with E-state index in [9.17, 15) is 4.79 Å². The lowest BCUT2D eigenvalue weighted by atomic mass is 9.93. The minimum atomic E-state index is -0.367. The Morgan fingerprint density at radius 3 is 2.46 bits per heavy atom. The molecule has 2 aromatic carbocycles. The lowest BCUT2D eigenvalue weighted by Crippen LogP contribution is -2.45. The molecule has 0 fully saturated rings. The molecule has 2 N–H and O–H groups in total. The van der Waals surface area contributed by atoms with Crippen molar-refractivity contribution >= 4 is 40.8 Å². The standard InChI is InChI=1S/C20H20N2O2S2/c1-3-24-19(23)16-17(13-7-5-4-6-8-13)21-20(25)22-18(16)14-9-11-15(26-2)12-10-14/h4-12,18H,3H2,1-2H3,(H2,21,22,25)/t18-/m0/s1. The molecule has 0 amide bonds. The van der Waals surface area contributed by atoms with Crippen molar-refractivity contribution in [1.82, 2.24) is 10.6 Å². The van der Waals surface area contributed by atoms with E-state index in [2.05, 4.69) is 10.6 Å². The molecule has 1 aliphatic heterocycles. The molecule has 1 heterocycles. The van der Waals surface area contributed by atoms with Crippen molar-refractivity contribution < 1.29 is 9.53 Å². The second-order valence-electron chi connectivity index (χ2n) is 5.68. The van der Waals surface area contributed by atoms with Crippen molar-refractivity contribution in [3.8, 4) is 0 Å². The lowest BCUT2D eigenvalue weighted by molar-refractivity contribution is -0.138. The first kappa shape index (κ1) is 18.5. The highest BCUT2D eigenvalue weighted by Gasteiger charge is 2.33. The Hall–Kier alpha value is -2.31. The van der Waals surface area contributed by atoms with Gasteiger partial charge in [-0.05, 0) is 48.7 Å². The highest BCUT2D eigenvalue weighted by atomic mass is 32.2. The van der Waals surface area contributed by atoms with E-state index in [1.54, 1.807) is 18.7 Å². The van der Waals surface area contributed by atoms with Crippen LogP contribution in [0, 0.1) is 0 Å². The number of thiocarbonyl (C=S) groups is 1. The van der Waals surface area contributed by atoms with Crippen LogP contribution in [0.3, 0.4) is 0 Å². The summed E-state index contributed by atoms with van der Waals surface area (Å²) in [6, 6.07) is 17.4. The van der Waals surface area contributed by atoms with Crippen LogP contribution in [0.2, 0.25) is 0 Å². The zero-order valence-corrected chi connectivity index (χ0v) is 16.2. The molecule has 0 spiro atoms. The first-order valence-electron chi connectivity index (χ1n) is 8.32. The normalized spacial score (nSPS) is 16.7. The van der Waals surface area contributed by atoms with Crippen LogP contribution in [0.4, 0.5) is 0 Å². The third kappa shape index (κ3) is 3.92. The quantitative estimate of drug-likeness (QED) is 0.463. The van der Waals surface area contributed by atoms with E-state index < -0.39 is 0 Å². The van der Waals surface area contributed by atoms with Gasteiger partial charge in [-0.2, -0.15) is 0 Å². The third-order valence-electron chi connectivity index (χ3n) is 4.08. The van der Waals surface area contributed by atoms with Crippen LogP contribution in [0.1, 0.15) is 24.1 Å². The maximum atomic E-state index is 12.8. The monoisotopic (exact) mass is 384 g/mol. The van der Waals surface area contributed by atoms with Gasteiger partial charge in [-0.1, -0.05) is 42.5 Å². The van der Waals surface area contributed by atoms with E-state index in [0.717, 1.165) is 16.0 Å². The van der Waals surface area contributed by atoms with Gasteiger partial charge in [0.1, 0.15) is 0 Å². The van der Waals surface area contributed by atoms with Crippen LogP contribution < -0.4 is 10.6 Å². The van der Waals surface area contributed by atoms with Gasteiger partial charge in [-0.25, -0.2) is 4.79 Å². The molecule has 1 aliphatic rings. The smallest absolute Gasteiger partial charge is 0.338 e. The molecule has 2 aromatic rings. The Kier molecular flexibility index (Phi) is 5.96. The Labute approximate surface area is 163 Å². The second kappa shape index (κ2) is 8.38. The molecule has 1 atom stereocenters. The molecule has 0 radical (unpaired) electrons. The summed E-state index contributed by atoms with van der Waals surface area (Å²) in [5.74, 6) is -0.354. The molecule has 0 saturated carbocycles. The summed E-state index contributed by atoms with van der Waals surface area (Å²) in [6.07, 6.45) is 2.03. The van der Waals surface area contributed by atoms with Gasteiger partial charge in [0.2, 0.25) is 0 Å². The molecule has 6 heteroatoms. The number of rotatable bonds is 5. The largest absolute Gasteiger partial charge is 0.463 e. The summed E-state index contributed by atoms with van der Waals surface area (Å²) in [5, 5.41) is 6.84. The number of nitrogens with one attached hydrogen (secondary N) is 2. The molecule has 0 unspecified atom stereocenters. The average Bonchev–Trinajstić information content (AvgIpc) is 2.68. The number of esters is 1. The highest BCUT2D eigenvalue weighted by molar-refractivity contribution is 7.98. The van der Waals surface area contributed by atoms with Crippen LogP contribution in [-0.2, 0) is 9.53 Å². The molecule has 3 rings (SSSR count). The lowest BCUT2D eigenvalue weighted by Gasteiger charge is -2.31. The summed E-state index contributed by atoms with van der Waals surface area (Å²) < 4.78 is 5.34. The summed E-state index contributed by atoms with van der Waals surface area (Å²) in [7, 11) is 0. The number of benzene rings is 2. The van der Waals surface area contributed by atoms with E-state index in [0.29, 0.717) is 23.0 Å². The van der Waals surface area contributed by atoms with Gasteiger partial charge >= 0.3 is 5.97 Å². The third-order valence-corrected chi connectivity index (χ3v) is 5.04.